The Morgan fingerprint density at radius 1 is 1.00 bits per heavy atom. The van der Waals surface area contributed by atoms with E-state index in [0.29, 0.717) is 51.1 Å². The van der Waals surface area contributed by atoms with E-state index in [2.05, 4.69) is 10.6 Å². The minimum absolute atomic E-state index is 0.0500. The molecular formula is C25H31N3O4. The van der Waals surface area contributed by atoms with Gasteiger partial charge in [0.1, 0.15) is 6.04 Å². The van der Waals surface area contributed by atoms with Gasteiger partial charge in [0.25, 0.3) is 5.91 Å². The summed E-state index contributed by atoms with van der Waals surface area (Å²) in [6.07, 6.45) is 1.67. The molecule has 0 aliphatic carbocycles. The van der Waals surface area contributed by atoms with Crippen molar-refractivity contribution in [2.45, 2.75) is 25.3 Å². The summed E-state index contributed by atoms with van der Waals surface area (Å²) in [5.74, 6) is -0.462. The summed E-state index contributed by atoms with van der Waals surface area (Å²) in [7, 11) is 1.57. The van der Waals surface area contributed by atoms with Crippen LogP contribution in [0.3, 0.4) is 0 Å². The fraction of sp³-hybridized carbons (Fsp3) is 0.400. The van der Waals surface area contributed by atoms with Gasteiger partial charge < -0.3 is 20.3 Å². The lowest BCUT2D eigenvalue weighted by molar-refractivity contribution is -0.132. The number of piperidine rings is 1. The highest BCUT2D eigenvalue weighted by Gasteiger charge is 2.33. The van der Waals surface area contributed by atoms with Crippen molar-refractivity contribution < 1.29 is 19.1 Å². The number of benzene rings is 2. The minimum Gasteiger partial charge on any atom is -0.383 e. The molecule has 7 nitrogen and oxygen atoms in total. The van der Waals surface area contributed by atoms with Gasteiger partial charge in [-0.05, 0) is 36.5 Å². The van der Waals surface area contributed by atoms with Crippen LogP contribution in [0.15, 0.2) is 60.7 Å². The predicted octanol–water partition coefficient (Wildman–Crippen LogP) is 2.03. The van der Waals surface area contributed by atoms with Crippen molar-refractivity contribution >= 4 is 17.7 Å². The molecule has 7 heteroatoms. The average Bonchev–Trinajstić information content (AvgIpc) is 2.83. The number of nitrogens with zero attached hydrogens (tertiary/aromatic N) is 1. The van der Waals surface area contributed by atoms with Crippen LogP contribution in [0, 0.1) is 5.92 Å². The molecule has 1 saturated heterocycles. The number of carbonyl (C=O) groups excluding carboxylic acids is 3. The van der Waals surface area contributed by atoms with Gasteiger partial charge in [0.2, 0.25) is 11.8 Å². The Morgan fingerprint density at radius 3 is 2.25 bits per heavy atom. The first-order chi connectivity index (χ1) is 15.6. The fourth-order valence-corrected chi connectivity index (χ4v) is 3.96. The van der Waals surface area contributed by atoms with Gasteiger partial charge in [0, 0.05) is 32.3 Å². The number of amides is 3. The number of ether oxygens (including phenoxy) is 1. The van der Waals surface area contributed by atoms with Crippen molar-refractivity contribution in [1.29, 1.82) is 0 Å². The van der Waals surface area contributed by atoms with E-state index in [1.165, 1.54) is 0 Å². The monoisotopic (exact) mass is 437 g/mol. The molecule has 2 N–H and O–H groups in total. The van der Waals surface area contributed by atoms with Gasteiger partial charge in [-0.1, -0.05) is 48.5 Å². The number of carbonyl (C=O) groups is 3. The molecule has 170 valence electrons. The van der Waals surface area contributed by atoms with Gasteiger partial charge in [0.05, 0.1) is 13.0 Å². The molecular weight excluding hydrogens is 406 g/mol. The zero-order valence-electron chi connectivity index (χ0n) is 18.5. The van der Waals surface area contributed by atoms with Gasteiger partial charge in [0.15, 0.2) is 0 Å². The standard InChI is InChI=1S/C25H31N3O4/c1-32-17-14-26-25(31)23(27-24(30)21-10-6-3-7-11-21)20-12-15-28(16-13-20)22(29)18-19-8-4-2-5-9-19/h2-11,20,23H,12-18H2,1H3,(H,26,31)(H,27,30)/t23-/m1/s1. The molecule has 3 rings (SSSR count). The van der Waals surface area contributed by atoms with Crippen LogP contribution in [0.4, 0.5) is 0 Å². The van der Waals surface area contributed by atoms with E-state index in [0.717, 1.165) is 5.56 Å². The quantitative estimate of drug-likeness (QED) is 0.588. The number of methoxy groups -OCH3 is 1. The van der Waals surface area contributed by atoms with Crippen molar-refractivity contribution in [2.24, 2.45) is 5.92 Å². The first kappa shape index (κ1) is 23.5. The predicted molar refractivity (Wildman–Crippen MR) is 122 cm³/mol. The molecule has 0 radical (unpaired) electrons. The van der Waals surface area contributed by atoms with E-state index in [1.54, 1.807) is 31.4 Å². The summed E-state index contributed by atoms with van der Waals surface area (Å²) >= 11 is 0. The molecule has 1 atom stereocenters. The molecule has 0 bridgehead atoms. The van der Waals surface area contributed by atoms with E-state index >= 15 is 0 Å². The summed E-state index contributed by atoms with van der Waals surface area (Å²) in [6.45, 7) is 1.91. The Kier molecular flexibility index (Phi) is 8.80. The number of rotatable bonds is 9. The molecule has 3 amide bonds. The van der Waals surface area contributed by atoms with Crippen LogP contribution in [0.2, 0.25) is 0 Å². The van der Waals surface area contributed by atoms with E-state index in [1.807, 2.05) is 41.3 Å². The van der Waals surface area contributed by atoms with Gasteiger partial charge in [-0.2, -0.15) is 0 Å². The molecule has 1 fully saturated rings. The number of hydrogen-bond acceptors (Lipinski definition) is 4. The number of nitrogens with one attached hydrogen (secondary N) is 2. The van der Waals surface area contributed by atoms with Crippen molar-refractivity contribution in [3.63, 3.8) is 0 Å². The normalized spacial score (nSPS) is 15.1. The van der Waals surface area contributed by atoms with Crippen molar-refractivity contribution in [3.8, 4) is 0 Å². The molecule has 32 heavy (non-hydrogen) atoms. The lowest BCUT2D eigenvalue weighted by atomic mass is 9.88. The highest BCUT2D eigenvalue weighted by molar-refractivity contribution is 5.97. The Morgan fingerprint density at radius 2 is 1.62 bits per heavy atom. The second-order valence-electron chi connectivity index (χ2n) is 7.98. The third kappa shape index (κ3) is 6.65. The lowest BCUT2D eigenvalue weighted by Crippen LogP contribution is -2.54. The molecule has 0 aromatic heterocycles. The van der Waals surface area contributed by atoms with Crippen LogP contribution < -0.4 is 10.6 Å². The van der Waals surface area contributed by atoms with Crippen LogP contribution in [0.1, 0.15) is 28.8 Å². The number of likely N-dealkylation sites (tertiary alicyclic amines) is 1. The van der Waals surface area contributed by atoms with Gasteiger partial charge in [-0.15, -0.1) is 0 Å². The van der Waals surface area contributed by atoms with Crippen LogP contribution in [0.25, 0.3) is 0 Å². The molecule has 1 heterocycles. The second-order valence-corrected chi connectivity index (χ2v) is 7.98. The second kappa shape index (κ2) is 12.0. The Hall–Kier alpha value is -3.19. The summed E-state index contributed by atoms with van der Waals surface area (Å²) in [5, 5.41) is 5.76. The third-order valence-electron chi connectivity index (χ3n) is 5.77. The maximum atomic E-state index is 12.9. The van der Waals surface area contributed by atoms with Crippen molar-refractivity contribution in [1.82, 2.24) is 15.5 Å². The maximum absolute atomic E-state index is 12.9. The summed E-state index contributed by atoms with van der Waals surface area (Å²) in [6, 6.07) is 17.9. The molecule has 0 saturated carbocycles. The first-order valence-electron chi connectivity index (χ1n) is 11.0. The van der Waals surface area contributed by atoms with Crippen LogP contribution in [0.5, 0.6) is 0 Å². The van der Waals surface area contributed by atoms with Crippen LogP contribution >= 0.6 is 0 Å². The molecule has 0 spiro atoms. The van der Waals surface area contributed by atoms with Gasteiger partial charge in [-0.3, -0.25) is 14.4 Å². The Labute approximate surface area is 189 Å². The van der Waals surface area contributed by atoms with E-state index in [9.17, 15) is 14.4 Å². The third-order valence-corrected chi connectivity index (χ3v) is 5.77. The summed E-state index contributed by atoms with van der Waals surface area (Å²) in [4.78, 5) is 40.1. The fourth-order valence-electron chi connectivity index (χ4n) is 3.96. The van der Waals surface area contributed by atoms with Gasteiger partial charge >= 0.3 is 0 Å². The van der Waals surface area contributed by atoms with Crippen LogP contribution in [-0.4, -0.2) is 62.0 Å². The molecule has 1 aliphatic heterocycles. The smallest absolute Gasteiger partial charge is 0.251 e. The Bertz CT molecular complexity index is 881. The maximum Gasteiger partial charge on any atom is 0.251 e. The van der Waals surface area contributed by atoms with E-state index in [-0.39, 0.29) is 23.6 Å². The van der Waals surface area contributed by atoms with Crippen LogP contribution in [-0.2, 0) is 20.7 Å². The van der Waals surface area contributed by atoms with Gasteiger partial charge in [-0.25, -0.2) is 0 Å². The van der Waals surface area contributed by atoms with Crippen molar-refractivity contribution in [3.05, 3.63) is 71.8 Å². The highest BCUT2D eigenvalue weighted by atomic mass is 16.5. The molecule has 2 aromatic rings. The first-order valence-corrected chi connectivity index (χ1v) is 11.0. The number of hydrogen-bond donors (Lipinski definition) is 2. The molecule has 2 aromatic carbocycles. The minimum atomic E-state index is -0.661. The van der Waals surface area contributed by atoms with Crippen molar-refractivity contribution in [2.75, 3.05) is 33.4 Å². The topological polar surface area (TPSA) is 87.7 Å². The van der Waals surface area contributed by atoms with E-state index in [4.69, 9.17) is 4.74 Å². The molecule has 0 unspecified atom stereocenters. The lowest BCUT2D eigenvalue weighted by Gasteiger charge is -2.36. The average molecular weight is 438 g/mol. The SMILES string of the molecule is COCCNC(=O)[C@H](NC(=O)c1ccccc1)C1CCN(C(=O)Cc2ccccc2)CC1. The zero-order chi connectivity index (χ0) is 22.8. The van der Waals surface area contributed by atoms with E-state index < -0.39 is 6.04 Å². The summed E-state index contributed by atoms with van der Waals surface area (Å²) < 4.78 is 5.01. The largest absolute Gasteiger partial charge is 0.383 e. The zero-order valence-corrected chi connectivity index (χ0v) is 18.5. The summed E-state index contributed by atoms with van der Waals surface area (Å²) in [5.41, 5.74) is 1.50. The highest BCUT2D eigenvalue weighted by Crippen LogP contribution is 2.22. The Balaban J connectivity index is 1.61. The molecule has 1 aliphatic rings.